The van der Waals surface area contributed by atoms with Crippen LogP contribution in [-0.4, -0.2) is 78.7 Å². The number of ether oxygens (including phenoxy) is 2. The van der Waals surface area contributed by atoms with Crippen LogP contribution in [-0.2, 0) is 11.8 Å². The Labute approximate surface area is 250 Å². The summed E-state index contributed by atoms with van der Waals surface area (Å²) in [6, 6.07) is 13.3. The number of nitrogens with two attached hydrogens (primary N) is 1. The molecule has 4 heterocycles. The highest BCUT2D eigenvalue weighted by molar-refractivity contribution is 6.08. The number of aromatic nitrogens is 1. The SMILES string of the molecule is COc1cc(C2=NC(C3CCN(C(=O)CN)CC3)=C3C=NC=C[N+]23C)ccc1NC(=O)c1cc2c(OC)cccc2n1C. The van der Waals surface area contributed by atoms with Crippen LogP contribution in [0.1, 0.15) is 28.9 Å². The zero-order valence-electron chi connectivity index (χ0n) is 24.8. The van der Waals surface area contributed by atoms with Crippen molar-refractivity contribution in [2.75, 3.05) is 46.2 Å². The van der Waals surface area contributed by atoms with E-state index in [-0.39, 0.29) is 24.3 Å². The number of amides is 2. The van der Waals surface area contributed by atoms with Gasteiger partial charge < -0.3 is 30.0 Å². The first-order valence-electron chi connectivity index (χ1n) is 14.3. The van der Waals surface area contributed by atoms with Gasteiger partial charge in [-0.05, 0) is 49.2 Å². The number of hydrogen-bond donors (Lipinski definition) is 2. The number of quaternary nitrogens is 1. The van der Waals surface area contributed by atoms with Crippen LogP contribution >= 0.6 is 0 Å². The Morgan fingerprint density at radius 2 is 1.86 bits per heavy atom. The maximum atomic E-state index is 13.4. The normalized spacial score (nSPS) is 19.9. The standard InChI is InChI=1S/C32H35N7O4/c1-37-24-6-5-7-27(42-3)22(24)17-25(37)32(41)35-23-9-8-21(16-28(23)43-4)31-36-30(26-19-34-12-15-39(26,31)2)20-10-13-38(14-11-20)29(40)18-33/h5-9,12,15-17,19-20H,10-11,13-14,18,33H2,1-4H3/p+1. The van der Waals surface area contributed by atoms with Gasteiger partial charge in [0.25, 0.3) is 5.91 Å². The number of nitrogens with one attached hydrogen (secondary N) is 1. The number of anilines is 1. The lowest BCUT2D eigenvalue weighted by Gasteiger charge is -2.32. The van der Waals surface area contributed by atoms with Gasteiger partial charge in [0, 0.05) is 31.4 Å². The van der Waals surface area contributed by atoms with Crippen LogP contribution < -0.4 is 20.5 Å². The number of rotatable bonds is 7. The van der Waals surface area contributed by atoms with Crippen molar-refractivity contribution in [1.82, 2.24) is 9.47 Å². The van der Waals surface area contributed by atoms with Gasteiger partial charge in [0.2, 0.25) is 11.7 Å². The van der Waals surface area contributed by atoms with E-state index < -0.39 is 0 Å². The van der Waals surface area contributed by atoms with Crippen LogP contribution in [0.3, 0.4) is 0 Å². The maximum absolute atomic E-state index is 13.4. The molecular formula is C32H36N7O4+. The number of likely N-dealkylation sites (tertiary alicyclic amines) is 1. The number of nitrogens with zero attached hydrogens (tertiary/aromatic N) is 5. The van der Waals surface area contributed by atoms with Gasteiger partial charge in [-0.2, -0.15) is 4.99 Å². The average molecular weight is 583 g/mol. The van der Waals surface area contributed by atoms with E-state index in [0.717, 1.165) is 46.5 Å². The Bertz CT molecular complexity index is 1740. The summed E-state index contributed by atoms with van der Waals surface area (Å²) in [4.78, 5) is 37.0. The molecule has 3 aliphatic rings. The van der Waals surface area contributed by atoms with Crippen molar-refractivity contribution in [2.24, 2.45) is 28.7 Å². The fourth-order valence-corrected chi connectivity index (χ4v) is 6.26. The Balaban J connectivity index is 1.28. The summed E-state index contributed by atoms with van der Waals surface area (Å²) in [5.41, 5.74) is 10.4. The second-order valence-corrected chi connectivity index (χ2v) is 11.1. The number of fused-ring (bicyclic) bond motifs is 2. The van der Waals surface area contributed by atoms with E-state index in [2.05, 4.69) is 17.4 Å². The molecule has 0 aliphatic carbocycles. The molecule has 43 heavy (non-hydrogen) atoms. The Morgan fingerprint density at radius 3 is 2.58 bits per heavy atom. The molecule has 2 aromatic carbocycles. The molecule has 1 aromatic heterocycles. The van der Waals surface area contributed by atoms with Gasteiger partial charge in [0.05, 0.1) is 57.0 Å². The summed E-state index contributed by atoms with van der Waals surface area (Å²) in [6.07, 6.45) is 7.31. The highest BCUT2D eigenvalue weighted by Gasteiger charge is 2.45. The van der Waals surface area contributed by atoms with Crippen molar-refractivity contribution in [3.63, 3.8) is 0 Å². The summed E-state index contributed by atoms with van der Waals surface area (Å²) < 4.78 is 13.5. The summed E-state index contributed by atoms with van der Waals surface area (Å²) in [5, 5.41) is 3.89. The molecule has 3 N–H and O–H groups in total. The van der Waals surface area contributed by atoms with E-state index in [1.807, 2.05) is 71.4 Å². The molecule has 222 valence electrons. The molecule has 11 heteroatoms. The molecule has 1 fully saturated rings. The Morgan fingerprint density at radius 1 is 1.09 bits per heavy atom. The number of hydrogen-bond acceptors (Lipinski definition) is 7. The zero-order valence-corrected chi connectivity index (χ0v) is 24.8. The van der Waals surface area contributed by atoms with E-state index >= 15 is 0 Å². The topological polar surface area (TPSA) is 124 Å². The van der Waals surface area contributed by atoms with Gasteiger partial charge in [-0.15, -0.1) is 0 Å². The number of piperidine rings is 1. The summed E-state index contributed by atoms with van der Waals surface area (Å²) in [7, 11) is 7.15. The highest BCUT2D eigenvalue weighted by Crippen LogP contribution is 2.40. The predicted octanol–water partition coefficient (Wildman–Crippen LogP) is 3.62. The van der Waals surface area contributed by atoms with E-state index in [4.69, 9.17) is 20.2 Å². The van der Waals surface area contributed by atoms with Gasteiger partial charge in [-0.1, -0.05) is 6.07 Å². The molecule has 1 unspecified atom stereocenters. The number of aliphatic imine (C=N–C) groups is 2. The number of aryl methyl sites for hydroxylation is 1. The van der Waals surface area contributed by atoms with Gasteiger partial charge in [-0.3, -0.25) is 14.6 Å². The molecule has 3 aliphatic heterocycles. The third-order valence-corrected chi connectivity index (χ3v) is 8.69. The number of carbonyl (C=O) groups is 2. The lowest BCUT2D eigenvalue weighted by Crippen LogP contribution is -2.43. The smallest absolute Gasteiger partial charge is 0.272 e. The Hall–Kier alpha value is -4.74. The van der Waals surface area contributed by atoms with Gasteiger partial charge in [-0.25, -0.2) is 4.48 Å². The fraction of sp³-hybridized carbons (Fsp3) is 0.312. The van der Waals surface area contributed by atoms with Crippen molar-refractivity contribution >= 4 is 40.5 Å². The predicted molar refractivity (Wildman–Crippen MR) is 166 cm³/mol. The first kappa shape index (κ1) is 28.4. The molecule has 1 saturated heterocycles. The van der Waals surface area contributed by atoms with Crippen LogP contribution in [0.2, 0.25) is 0 Å². The lowest BCUT2D eigenvalue weighted by atomic mass is 9.92. The zero-order chi connectivity index (χ0) is 30.3. The van der Waals surface area contributed by atoms with Crippen LogP contribution in [0.25, 0.3) is 10.9 Å². The van der Waals surface area contributed by atoms with Gasteiger partial charge in [0.1, 0.15) is 29.1 Å². The minimum absolute atomic E-state index is 0.0195. The van der Waals surface area contributed by atoms with Crippen molar-refractivity contribution in [2.45, 2.75) is 12.8 Å². The summed E-state index contributed by atoms with van der Waals surface area (Å²) in [6.45, 7) is 1.35. The second-order valence-electron chi connectivity index (χ2n) is 11.1. The average Bonchev–Trinajstić information content (AvgIpc) is 3.55. The molecule has 11 nitrogen and oxygen atoms in total. The highest BCUT2D eigenvalue weighted by atomic mass is 16.5. The van der Waals surface area contributed by atoms with Crippen LogP contribution in [0, 0.1) is 5.92 Å². The van der Waals surface area contributed by atoms with Crippen molar-refractivity contribution in [3.05, 3.63) is 77.5 Å². The molecule has 2 amide bonds. The Kier molecular flexibility index (Phi) is 7.37. The van der Waals surface area contributed by atoms with E-state index in [1.165, 1.54) is 0 Å². The first-order chi connectivity index (χ1) is 20.8. The third-order valence-electron chi connectivity index (χ3n) is 8.69. The van der Waals surface area contributed by atoms with E-state index in [0.29, 0.717) is 40.5 Å². The largest absolute Gasteiger partial charge is 0.496 e. The van der Waals surface area contributed by atoms with Crippen LogP contribution in [0.15, 0.2) is 76.2 Å². The van der Waals surface area contributed by atoms with Crippen LogP contribution in [0.5, 0.6) is 11.5 Å². The molecule has 0 radical (unpaired) electrons. The molecule has 0 spiro atoms. The van der Waals surface area contributed by atoms with E-state index in [1.54, 1.807) is 20.4 Å². The number of amidine groups is 1. The third kappa shape index (κ3) is 4.80. The quantitative estimate of drug-likeness (QED) is 0.412. The molecule has 1 atom stereocenters. The molecular weight excluding hydrogens is 546 g/mol. The molecule has 3 aromatic rings. The molecule has 6 rings (SSSR count). The molecule has 0 bridgehead atoms. The fourth-order valence-electron chi connectivity index (χ4n) is 6.26. The van der Waals surface area contributed by atoms with Crippen molar-refractivity contribution in [1.29, 1.82) is 0 Å². The monoisotopic (exact) mass is 582 g/mol. The second kappa shape index (κ2) is 11.2. The lowest BCUT2D eigenvalue weighted by molar-refractivity contribution is -0.713. The van der Waals surface area contributed by atoms with Crippen molar-refractivity contribution < 1.29 is 23.5 Å². The maximum Gasteiger partial charge on any atom is 0.272 e. The minimum atomic E-state index is -0.259. The number of carbonyl (C=O) groups excluding carboxylic acids is 2. The summed E-state index contributed by atoms with van der Waals surface area (Å²) >= 11 is 0. The van der Waals surface area contributed by atoms with Gasteiger partial charge >= 0.3 is 0 Å². The first-order valence-corrected chi connectivity index (χ1v) is 14.3. The summed E-state index contributed by atoms with van der Waals surface area (Å²) in [5.74, 6) is 1.99. The van der Waals surface area contributed by atoms with Gasteiger partial charge in [0.15, 0.2) is 5.70 Å². The van der Waals surface area contributed by atoms with Crippen LogP contribution in [0.4, 0.5) is 5.69 Å². The number of allylic oxidation sites excluding steroid dienone is 2. The minimum Gasteiger partial charge on any atom is -0.496 e. The van der Waals surface area contributed by atoms with Crippen molar-refractivity contribution in [3.8, 4) is 11.5 Å². The van der Waals surface area contributed by atoms with E-state index in [9.17, 15) is 9.59 Å². The number of benzene rings is 2. The molecule has 0 saturated carbocycles. The number of methoxy groups -OCH3 is 2.